The first-order valence-corrected chi connectivity index (χ1v) is 6.86. The van der Waals surface area contributed by atoms with E-state index in [4.69, 9.17) is 4.74 Å². The number of rotatable bonds is 4. The van der Waals surface area contributed by atoms with Crippen LogP contribution >= 0.6 is 11.8 Å². The summed E-state index contributed by atoms with van der Waals surface area (Å²) in [7, 11) is 1.43. The van der Waals surface area contributed by atoms with E-state index < -0.39 is 4.75 Å². The van der Waals surface area contributed by atoms with Gasteiger partial charge in [0.25, 0.3) is 0 Å². The lowest BCUT2D eigenvalue weighted by atomic mass is 10.0. The number of hydrogen-bond donors (Lipinski definition) is 0. The molecule has 0 fully saturated rings. The summed E-state index contributed by atoms with van der Waals surface area (Å²) in [6.07, 6.45) is 0. The van der Waals surface area contributed by atoms with Crippen LogP contribution in [-0.4, -0.2) is 13.1 Å². The molecule has 3 heteroatoms. The predicted molar refractivity (Wildman–Crippen MR) is 78.1 cm³/mol. The molecular weight excluding hydrogens is 256 g/mol. The largest absolute Gasteiger partial charge is 0.468 e. The van der Waals surface area contributed by atoms with Crippen LogP contribution in [0.1, 0.15) is 12.5 Å². The van der Waals surface area contributed by atoms with E-state index in [1.54, 1.807) is 0 Å². The lowest BCUT2D eigenvalue weighted by Gasteiger charge is -2.26. The average molecular weight is 272 g/mol. The molecule has 1 atom stereocenters. The standard InChI is InChI=1S/C16H16O2S/c1-16(15(17)18-2,13-9-5-3-6-10-13)19-14-11-7-4-8-12-14/h3-12H,1-2H3/t16-/m0/s1. The molecule has 0 saturated heterocycles. The third-order valence-corrected chi connectivity index (χ3v) is 4.28. The van der Waals surface area contributed by atoms with Crippen LogP contribution in [0.5, 0.6) is 0 Å². The van der Waals surface area contributed by atoms with Crippen molar-refractivity contribution >= 4 is 17.7 Å². The van der Waals surface area contributed by atoms with Crippen molar-refractivity contribution in [3.63, 3.8) is 0 Å². The molecule has 0 saturated carbocycles. The maximum Gasteiger partial charge on any atom is 0.326 e. The number of hydrogen-bond acceptors (Lipinski definition) is 3. The minimum Gasteiger partial charge on any atom is -0.468 e. The zero-order valence-corrected chi connectivity index (χ0v) is 11.8. The molecule has 0 radical (unpaired) electrons. The molecule has 98 valence electrons. The molecule has 2 rings (SSSR count). The number of carbonyl (C=O) groups excluding carboxylic acids is 1. The summed E-state index contributed by atoms with van der Waals surface area (Å²) in [4.78, 5) is 13.2. The van der Waals surface area contributed by atoms with Crippen LogP contribution in [0.25, 0.3) is 0 Å². The van der Waals surface area contributed by atoms with Gasteiger partial charge in [0.05, 0.1) is 7.11 Å². The van der Waals surface area contributed by atoms with Crippen molar-refractivity contribution in [3.8, 4) is 0 Å². The van der Waals surface area contributed by atoms with Crippen molar-refractivity contribution in [2.45, 2.75) is 16.6 Å². The molecule has 2 aromatic carbocycles. The Morgan fingerprint density at radius 2 is 1.53 bits per heavy atom. The van der Waals surface area contributed by atoms with Crippen molar-refractivity contribution in [3.05, 3.63) is 66.2 Å². The third-order valence-electron chi connectivity index (χ3n) is 2.96. The Morgan fingerprint density at radius 1 is 1.00 bits per heavy atom. The van der Waals surface area contributed by atoms with Crippen molar-refractivity contribution in [1.82, 2.24) is 0 Å². The van der Waals surface area contributed by atoms with E-state index in [0.29, 0.717) is 0 Å². The van der Waals surface area contributed by atoms with Crippen molar-refractivity contribution in [1.29, 1.82) is 0 Å². The van der Waals surface area contributed by atoms with Crippen LogP contribution in [0, 0.1) is 0 Å². The van der Waals surface area contributed by atoms with Gasteiger partial charge in [0.1, 0.15) is 4.75 Å². The van der Waals surface area contributed by atoms with Gasteiger partial charge in [-0.1, -0.05) is 48.5 Å². The van der Waals surface area contributed by atoms with E-state index >= 15 is 0 Å². The smallest absolute Gasteiger partial charge is 0.326 e. The summed E-state index contributed by atoms with van der Waals surface area (Å²) < 4.78 is 4.24. The maximum absolute atomic E-state index is 12.2. The molecule has 0 spiro atoms. The van der Waals surface area contributed by atoms with Gasteiger partial charge in [-0.25, -0.2) is 0 Å². The predicted octanol–water partition coefficient (Wildman–Crippen LogP) is 3.87. The highest BCUT2D eigenvalue weighted by atomic mass is 32.2. The Hall–Kier alpha value is -1.74. The Labute approximate surface area is 117 Å². The first kappa shape index (κ1) is 13.7. The summed E-state index contributed by atoms with van der Waals surface area (Å²) in [5, 5.41) is 0. The van der Waals surface area contributed by atoms with Gasteiger partial charge in [0.15, 0.2) is 0 Å². The topological polar surface area (TPSA) is 26.3 Å². The fourth-order valence-corrected chi connectivity index (χ4v) is 3.08. The first-order chi connectivity index (χ1) is 9.16. The summed E-state index contributed by atoms with van der Waals surface area (Å²) >= 11 is 1.50. The van der Waals surface area contributed by atoms with E-state index in [1.807, 2.05) is 67.6 Å². The molecular formula is C16H16O2S. The third kappa shape index (κ3) is 2.99. The molecule has 0 amide bonds. The molecule has 0 heterocycles. The fraction of sp³-hybridized carbons (Fsp3) is 0.188. The zero-order valence-electron chi connectivity index (χ0n) is 11.0. The van der Waals surface area contributed by atoms with Crippen molar-refractivity contribution in [2.75, 3.05) is 7.11 Å². The molecule has 0 aromatic heterocycles. The number of methoxy groups -OCH3 is 1. The number of esters is 1. The van der Waals surface area contributed by atoms with E-state index in [-0.39, 0.29) is 5.97 Å². The Morgan fingerprint density at radius 3 is 2.05 bits per heavy atom. The minimum absolute atomic E-state index is 0.243. The maximum atomic E-state index is 12.2. The van der Waals surface area contributed by atoms with Gasteiger partial charge in [-0.05, 0) is 24.6 Å². The van der Waals surface area contributed by atoms with Gasteiger partial charge in [-0.15, -0.1) is 11.8 Å². The van der Waals surface area contributed by atoms with E-state index in [9.17, 15) is 4.79 Å². The molecule has 0 N–H and O–H groups in total. The quantitative estimate of drug-likeness (QED) is 0.624. The Balaban J connectivity index is 2.39. The average Bonchev–Trinajstić information content (AvgIpc) is 2.48. The van der Waals surface area contributed by atoms with Crippen LogP contribution in [0.2, 0.25) is 0 Å². The van der Waals surface area contributed by atoms with Gasteiger partial charge < -0.3 is 4.74 Å². The second-order valence-electron chi connectivity index (χ2n) is 4.31. The first-order valence-electron chi connectivity index (χ1n) is 6.05. The van der Waals surface area contributed by atoms with Gasteiger partial charge in [-0.3, -0.25) is 4.79 Å². The van der Waals surface area contributed by atoms with Crippen LogP contribution < -0.4 is 0 Å². The Kier molecular flexibility index (Phi) is 4.27. The van der Waals surface area contributed by atoms with Crippen LogP contribution in [0.3, 0.4) is 0 Å². The van der Waals surface area contributed by atoms with Crippen LogP contribution in [0.4, 0.5) is 0 Å². The van der Waals surface area contributed by atoms with E-state index in [2.05, 4.69) is 0 Å². The fourth-order valence-electron chi connectivity index (χ4n) is 1.89. The second-order valence-corrected chi connectivity index (χ2v) is 5.80. The number of benzene rings is 2. The lowest BCUT2D eigenvalue weighted by molar-refractivity contribution is -0.143. The van der Waals surface area contributed by atoms with Gasteiger partial charge >= 0.3 is 5.97 Å². The summed E-state index contributed by atoms with van der Waals surface area (Å²) in [6.45, 7) is 1.89. The number of ether oxygens (including phenoxy) is 1. The zero-order chi connectivity index (χ0) is 13.7. The van der Waals surface area contributed by atoms with Crippen LogP contribution in [0.15, 0.2) is 65.6 Å². The highest BCUT2D eigenvalue weighted by Crippen LogP contribution is 2.41. The lowest BCUT2D eigenvalue weighted by Crippen LogP contribution is -2.30. The molecule has 0 bridgehead atoms. The monoisotopic (exact) mass is 272 g/mol. The van der Waals surface area contributed by atoms with Gasteiger partial charge in [0.2, 0.25) is 0 Å². The molecule has 0 aliphatic heterocycles. The summed E-state index contributed by atoms with van der Waals surface area (Å²) in [6, 6.07) is 19.6. The molecule has 2 aromatic rings. The van der Waals surface area contributed by atoms with E-state index in [0.717, 1.165) is 10.5 Å². The molecule has 19 heavy (non-hydrogen) atoms. The molecule has 0 aliphatic carbocycles. The Bertz CT molecular complexity index is 539. The molecule has 2 nitrogen and oxygen atoms in total. The SMILES string of the molecule is COC(=O)[C@@](C)(Sc1ccccc1)c1ccccc1. The van der Waals surface area contributed by atoms with Crippen LogP contribution in [-0.2, 0) is 14.3 Å². The molecule has 0 unspecified atom stereocenters. The second kappa shape index (κ2) is 5.93. The van der Waals surface area contributed by atoms with Gasteiger partial charge in [0, 0.05) is 4.90 Å². The summed E-state index contributed by atoms with van der Waals surface area (Å²) in [5.74, 6) is -0.243. The van der Waals surface area contributed by atoms with Crippen molar-refractivity contribution < 1.29 is 9.53 Å². The summed E-state index contributed by atoms with van der Waals surface area (Å²) in [5.41, 5.74) is 0.940. The number of carbonyl (C=O) groups is 1. The van der Waals surface area contributed by atoms with Crippen molar-refractivity contribution in [2.24, 2.45) is 0 Å². The normalized spacial score (nSPS) is 13.6. The minimum atomic E-state index is -0.739. The number of thioether (sulfide) groups is 1. The van der Waals surface area contributed by atoms with E-state index in [1.165, 1.54) is 18.9 Å². The molecule has 0 aliphatic rings. The highest BCUT2D eigenvalue weighted by Gasteiger charge is 2.37. The highest BCUT2D eigenvalue weighted by molar-refractivity contribution is 8.01. The van der Waals surface area contributed by atoms with Gasteiger partial charge in [-0.2, -0.15) is 0 Å².